The molecule has 0 spiro atoms. The second-order valence-electron chi connectivity index (χ2n) is 5.29. The fourth-order valence-corrected chi connectivity index (χ4v) is 2.34. The van der Waals surface area contributed by atoms with Crippen molar-refractivity contribution in [1.29, 1.82) is 0 Å². The number of amides is 2. The topological polar surface area (TPSA) is 59.6 Å². The van der Waals surface area contributed by atoms with Crippen LogP contribution in [0.1, 0.15) is 25.0 Å². The lowest BCUT2D eigenvalue weighted by Gasteiger charge is -2.14. The average Bonchev–Trinajstić information content (AvgIpc) is 2.58. The van der Waals surface area contributed by atoms with Gasteiger partial charge < -0.3 is 20.1 Å². The summed E-state index contributed by atoms with van der Waals surface area (Å²) in [6, 6.07) is 13.0. The number of anilines is 1. The third kappa shape index (κ3) is 4.91. The molecular formula is C19H24N2O3. The summed E-state index contributed by atoms with van der Waals surface area (Å²) >= 11 is 0. The minimum absolute atomic E-state index is 0.0904. The summed E-state index contributed by atoms with van der Waals surface area (Å²) in [5.74, 6) is 1.46. The van der Waals surface area contributed by atoms with Gasteiger partial charge in [0.05, 0.1) is 6.61 Å². The van der Waals surface area contributed by atoms with E-state index in [-0.39, 0.29) is 12.8 Å². The van der Waals surface area contributed by atoms with Gasteiger partial charge in [-0.1, -0.05) is 25.1 Å². The molecule has 5 heteroatoms. The maximum atomic E-state index is 12.0. The first-order chi connectivity index (χ1) is 11.6. The van der Waals surface area contributed by atoms with E-state index >= 15 is 0 Å². The van der Waals surface area contributed by atoms with Crippen molar-refractivity contribution in [3.05, 3.63) is 53.6 Å². The Labute approximate surface area is 143 Å². The van der Waals surface area contributed by atoms with E-state index in [1.807, 2.05) is 44.2 Å². The molecule has 2 rings (SSSR count). The van der Waals surface area contributed by atoms with Gasteiger partial charge in [-0.3, -0.25) is 0 Å². The molecule has 0 saturated heterocycles. The third-order valence-electron chi connectivity index (χ3n) is 3.58. The molecule has 0 unspecified atom stereocenters. The number of para-hydroxylation sites is 1. The van der Waals surface area contributed by atoms with Gasteiger partial charge in [-0.25, -0.2) is 4.79 Å². The second-order valence-corrected chi connectivity index (χ2v) is 5.29. The van der Waals surface area contributed by atoms with Crippen LogP contribution in [0.25, 0.3) is 0 Å². The number of hydrogen-bond acceptors (Lipinski definition) is 3. The lowest BCUT2D eigenvalue weighted by atomic mass is 10.1. The zero-order chi connectivity index (χ0) is 17.4. The van der Waals surface area contributed by atoms with Gasteiger partial charge in [0, 0.05) is 5.69 Å². The van der Waals surface area contributed by atoms with Gasteiger partial charge in [-0.2, -0.15) is 0 Å². The van der Waals surface area contributed by atoms with E-state index in [2.05, 4.69) is 17.6 Å². The highest BCUT2D eigenvalue weighted by atomic mass is 16.5. The number of aryl methyl sites for hydroxylation is 2. The molecule has 0 saturated carbocycles. The van der Waals surface area contributed by atoms with Crippen molar-refractivity contribution < 1.29 is 14.3 Å². The van der Waals surface area contributed by atoms with Crippen LogP contribution < -0.4 is 20.1 Å². The number of hydrogen-bond donors (Lipinski definition) is 2. The predicted octanol–water partition coefficient (Wildman–Crippen LogP) is 4.11. The third-order valence-corrected chi connectivity index (χ3v) is 3.58. The van der Waals surface area contributed by atoms with Crippen LogP contribution in [-0.2, 0) is 6.42 Å². The van der Waals surface area contributed by atoms with E-state index in [1.165, 1.54) is 0 Å². The molecule has 2 amide bonds. The van der Waals surface area contributed by atoms with E-state index in [0.717, 1.165) is 29.0 Å². The monoisotopic (exact) mass is 328 g/mol. The lowest BCUT2D eigenvalue weighted by molar-refractivity contribution is 0.234. The molecule has 2 aromatic rings. The van der Waals surface area contributed by atoms with E-state index in [1.54, 1.807) is 12.1 Å². The highest BCUT2D eigenvalue weighted by Crippen LogP contribution is 2.21. The van der Waals surface area contributed by atoms with E-state index in [4.69, 9.17) is 9.47 Å². The van der Waals surface area contributed by atoms with Gasteiger partial charge in [-0.15, -0.1) is 0 Å². The molecule has 0 heterocycles. The van der Waals surface area contributed by atoms with Crippen LogP contribution in [0.5, 0.6) is 11.5 Å². The second kappa shape index (κ2) is 8.82. The maximum absolute atomic E-state index is 12.0. The smallest absolute Gasteiger partial charge is 0.321 e. The van der Waals surface area contributed by atoms with Crippen molar-refractivity contribution in [2.45, 2.75) is 27.2 Å². The number of carbonyl (C=O) groups excluding carboxylic acids is 1. The van der Waals surface area contributed by atoms with Crippen LogP contribution >= 0.6 is 0 Å². The Morgan fingerprint density at radius 3 is 2.29 bits per heavy atom. The van der Waals surface area contributed by atoms with Crippen LogP contribution in [0, 0.1) is 6.92 Å². The standard InChI is InChI=1S/C19H24N2O3/c1-4-15-8-6-7-14(3)18(15)21-19(22)20-13-24-17-11-9-16(10-12-17)23-5-2/h6-12H,4-5,13H2,1-3H3,(H2,20,21,22). The molecule has 24 heavy (non-hydrogen) atoms. The van der Waals surface area contributed by atoms with Gasteiger partial charge >= 0.3 is 6.03 Å². The Bertz CT molecular complexity index is 669. The van der Waals surface area contributed by atoms with E-state index in [0.29, 0.717) is 12.4 Å². The Morgan fingerprint density at radius 1 is 1.00 bits per heavy atom. The highest BCUT2D eigenvalue weighted by molar-refractivity contribution is 5.90. The van der Waals surface area contributed by atoms with Crippen molar-refractivity contribution in [1.82, 2.24) is 5.32 Å². The number of rotatable bonds is 7. The van der Waals surface area contributed by atoms with Crippen LogP contribution in [0.15, 0.2) is 42.5 Å². The first kappa shape index (κ1) is 17.7. The number of urea groups is 1. The molecule has 0 aliphatic heterocycles. The summed E-state index contributed by atoms with van der Waals surface area (Å²) in [6.07, 6.45) is 0.861. The van der Waals surface area contributed by atoms with Crippen molar-refractivity contribution >= 4 is 11.7 Å². The minimum Gasteiger partial charge on any atom is -0.494 e. The average molecular weight is 328 g/mol. The molecule has 5 nitrogen and oxygen atoms in total. The lowest BCUT2D eigenvalue weighted by Crippen LogP contribution is -2.32. The Morgan fingerprint density at radius 2 is 1.67 bits per heavy atom. The first-order valence-corrected chi connectivity index (χ1v) is 8.13. The molecular weight excluding hydrogens is 304 g/mol. The number of nitrogens with one attached hydrogen (secondary N) is 2. The molecule has 0 fully saturated rings. The van der Waals surface area contributed by atoms with E-state index in [9.17, 15) is 4.79 Å². The molecule has 2 aromatic carbocycles. The summed E-state index contributed by atoms with van der Waals surface area (Å²) in [7, 11) is 0. The zero-order valence-corrected chi connectivity index (χ0v) is 14.4. The molecule has 0 aliphatic rings. The van der Waals surface area contributed by atoms with Gasteiger partial charge in [0.2, 0.25) is 0 Å². The van der Waals surface area contributed by atoms with Crippen molar-refractivity contribution in [2.75, 3.05) is 18.7 Å². The molecule has 2 N–H and O–H groups in total. The molecule has 0 bridgehead atoms. The van der Waals surface area contributed by atoms with Gasteiger partial charge in [0.1, 0.15) is 11.5 Å². The summed E-state index contributed by atoms with van der Waals surface area (Å²) in [5, 5.41) is 5.59. The van der Waals surface area contributed by atoms with Gasteiger partial charge in [-0.05, 0) is 55.7 Å². The summed E-state index contributed by atoms with van der Waals surface area (Å²) in [6.45, 7) is 6.69. The van der Waals surface area contributed by atoms with Gasteiger partial charge in [0.15, 0.2) is 6.73 Å². The minimum atomic E-state index is -0.287. The number of carbonyl (C=O) groups is 1. The summed E-state index contributed by atoms with van der Waals surface area (Å²) < 4.78 is 10.9. The quantitative estimate of drug-likeness (QED) is 0.752. The molecule has 0 radical (unpaired) electrons. The SMILES string of the molecule is CCOc1ccc(OCNC(=O)Nc2c(C)cccc2CC)cc1. The number of ether oxygens (including phenoxy) is 2. The fraction of sp³-hybridized carbons (Fsp3) is 0.316. The van der Waals surface area contributed by atoms with Crippen LogP contribution in [0.2, 0.25) is 0 Å². The molecule has 128 valence electrons. The Balaban J connectivity index is 1.83. The Hall–Kier alpha value is -2.69. The summed E-state index contributed by atoms with van der Waals surface area (Å²) in [5.41, 5.74) is 3.01. The molecule has 0 aromatic heterocycles. The maximum Gasteiger partial charge on any atom is 0.321 e. The largest absolute Gasteiger partial charge is 0.494 e. The Kier molecular flexibility index (Phi) is 6.49. The van der Waals surface area contributed by atoms with Crippen molar-refractivity contribution in [3.8, 4) is 11.5 Å². The summed E-state index contributed by atoms with van der Waals surface area (Å²) in [4.78, 5) is 12.0. The van der Waals surface area contributed by atoms with Gasteiger partial charge in [0.25, 0.3) is 0 Å². The highest BCUT2D eigenvalue weighted by Gasteiger charge is 2.08. The molecule has 0 aliphatic carbocycles. The zero-order valence-electron chi connectivity index (χ0n) is 14.4. The van der Waals surface area contributed by atoms with E-state index < -0.39 is 0 Å². The fourth-order valence-electron chi connectivity index (χ4n) is 2.34. The van der Waals surface area contributed by atoms with Crippen molar-refractivity contribution in [3.63, 3.8) is 0 Å². The van der Waals surface area contributed by atoms with Crippen LogP contribution in [-0.4, -0.2) is 19.4 Å². The molecule has 0 atom stereocenters. The van der Waals surface area contributed by atoms with Crippen LogP contribution in [0.3, 0.4) is 0 Å². The first-order valence-electron chi connectivity index (χ1n) is 8.13. The normalized spacial score (nSPS) is 10.1. The number of benzene rings is 2. The van der Waals surface area contributed by atoms with Crippen LogP contribution in [0.4, 0.5) is 10.5 Å². The predicted molar refractivity (Wildman–Crippen MR) is 95.8 cm³/mol. The van der Waals surface area contributed by atoms with Crippen molar-refractivity contribution in [2.24, 2.45) is 0 Å².